The third-order valence-corrected chi connectivity index (χ3v) is 4.49. The van der Waals surface area contributed by atoms with Crippen LogP contribution in [0.4, 0.5) is 0 Å². The molecule has 0 aliphatic heterocycles. The number of hydrogen-bond acceptors (Lipinski definition) is 5. The van der Waals surface area contributed by atoms with Gasteiger partial charge in [0.2, 0.25) is 11.7 Å². The smallest absolute Gasteiger partial charge is 0.227 e. The average molecular weight is 286 g/mol. The Balaban J connectivity index is 1.78. The van der Waals surface area contributed by atoms with Crippen molar-refractivity contribution in [1.29, 1.82) is 0 Å². The van der Waals surface area contributed by atoms with Gasteiger partial charge in [0.05, 0.1) is 0 Å². The van der Waals surface area contributed by atoms with Crippen LogP contribution < -0.4 is 5.73 Å². The number of pyridine rings is 1. The lowest BCUT2D eigenvalue weighted by Gasteiger charge is -2.34. The van der Waals surface area contributed by atoms with Gasteiger partial charge < -0.3 is 10.3 Å². The van der Waals surface area contributed by atoms with Gasteiger partial charge in [-0.15, -0.1) is 0 Å². The predicted molar refractivity (Wildman–Crippen MR) is 80.5 cm³/mol. The van der Waals surface area contributed by atoms with Crippen LogP contribution in [0.5, 0.6) is 0 Å². The normalized spacial score (nSPS) is 17.8. The van der Waals surface area contributed by atoms with Gasteiger partial charge in [-0.05, 0) is 49.4 Å². The van der Waals surface area contributed by atoms with Gasteiger partial charge in [0.1, 0.15) is 5.69 Å². The second-order valence-electron chi connectivity index (χ2n) is 6.17. The maximum atomic E-state index is 6.02. The van der Waals surface area contributed by atoms with Crippen molar-refractivity contribution < 1.29 is 4.52 Å². The molecule has 1 aliphatic rings. The summed E-state index contributed by atoms with van der Waals surface area (Å²) in [4.78, 5) is 8.81. The van der Waals surface area contributed by atoms with Crippen LogP contribution in [0.25, 0.3) is 11.5 Å². The summed E-state index contributed by atoms with van der Waals surface area (Å²) in [5.41, 5.74) is 8.06. The fraction of sp³-hybridized carbons (Fsp3) is 0.562. The van der Waals surface area contributed by atoms with E-state index in [2.05, 4.69) is 15.1 Å². The van der Waals surface area contributed by atoms with E-state index in [0.29, 0.717) is 18.3 Å². The number of hydrogen-bond donors (Lipinski definition) is 1. The Morgan fingerprint density at radius 1 is 1.29 bits per heavy atom. The summed E-state index contributed by atoms with van der Waals surface area (Å²) < 4.78 is 5.43. The zero-order chi connectivity index (χ0) is 14.7. The Morgan fingerprint density at radius 3 is 2.81 bits per heavy atom. The summed E-state index contributed by atoms with van der Waals surface area (Å²) >= 11 is 0. The first-order valence-electron chi connectivity index (χ1n) is 7.66. The molecule has 5 heteroatoms. The summed E-state index contributed by atoms with van der Waals surface area (Å²) in [5.74, 6) is 1.25. The number of aromatic nitrogens is 3. The molecule has 21 heavy (non-hydrogen) atoms. The van der Waals surface area contributed by atoms with Crippen LogP contribution in [-0.4, -0.2) is 21.7 Å². The van der Waals surface area contributed by atoms with Crippen LogP contribution in [0, 0.1) is 12.3 Å². The SMILES string of the molecule is Cc1ccnc(-c2noc(CC3(CN)CCCCC3)n2)c1. The highest BCUT2D eigenvalue weighted by atomic mass is 16.5. The van der Waals surface area contributed by atoms with Crippen molar-refractivity contribution in [2.24, 2.45) is 11.1 Å². The van der Waals surface area contributed by atoms with Gasteiger partial charge in [-0.25, -0.2) is 0 Å². The second-order valence-corrected chi connectivity index (χ2v) is 6.17. The molecule has 2 N–H and O–H groups in total. The van der Waals surface area contributed by atoms with Crippen molar-refractivity contribution in [1.82, 2.24) is 15.1 Å². The molecule has 2 aromatic heterocycles. The van der Waals surface area contributed by atoms with Gasteiger partial charge in [0.25, 0.3) is 0 Å². The second kappa shape index (κ2) is 5.93. The summed E-state index contributed by atoms with van der Waals surface area (Å²) in [6, 6.07) is 3.92. The van der Waals surface area contributed by atoms with Crippen LogP contribution in [-0.2, 0) is 6.42 Å². The van der Waals surface area contributed by atoms with Gasteiger partial charge >= 0.3 is 0 Å². The molecule has 1 aliphatic carbocycles. The monoisotopic (exact) mass is 286 g/mol. The Bertz CT molecular complexity index is 602. The Hall–Kier alpha value is -1.75. The number of nitrogens with zero attached hydrogens (tertiary/aromatic N) is 3. The van der Waals surface area contributed by atoms with Gasteiger partial charge in [-0.1, -0.05) is 24.4 Å². The largest absolute Gasteiger partial charge is 0.339 e. The molecule has 0 atom stereocenters. The summed E-state index contributed by atoms with van der Waals surface area (Å²) in [6.45, 7) is 2.71. The standard InChI is InChI=1S/C16H22N4O/c1-12-5-8-18-13(9-12)15-19-14(21-20-15)10-16(11-17)6-3-2-4-7-16/h5,8-9H,2-4,6-7,10-11,17H2,1H3. The van der Waals surface area contributed by atoms with Crippen LogP contribution in [0.2, 0.25) is 0 Å². The minimum atomic E-state index is 0.141. The molecule has 0 bridgehead atoms. The Morgan fingerprint density at radius 2 is 2.10 bits per heavy atom. The van der Waals surface area contributed by atoms with Crippen LogP contribution in [0.1, 0.15) is 43.6 Å². The molecular weight excluding hydrogens is 264 g/mol. The lowest BCUT2D eigenvalue weighted by atomic mass is 9.72. The van der Waals surface area contributed by atoms with Crippen molar-refractivity contribution in [2.75, 3.05) is 6.54 Å². The van der Waals surface area contributed by atoms with Crippen molar-refractivity contribution in [3.05, 3.63) is 29.8 Å². The molecule has 1 fully saturated rings. The van der Waals surface area contributed by atoms with Crippen LogP contribution >= 0.6 is 0 Å². The highest BCUT2D eigenvalue weighted by Gasteiger charge is 2.33. The fourth-order valence-electron chi connectivity index (χ4n) is 3.16. The highest BCUT2D eigenvalue weighted by Crippen LogP contribution is 2.38. The average Bonchev–Trinajstić information content (AvgIpc) is 2.96. The third-order valence-electron chi connectivity index (χ3n) is 4.49. The zero-order valence-corrected chi connectivity index (χ0v) is 12.5. The van der Waals surface area contributed by atoms with E-state index >= 15 is 0 Å². The van der Waals surface area contributed by atoms with Crippen molar-refractivity contribution in [3.8, 4) is 11.5 Å². The number of rotatable bonds is 4. The zero-order valence-electron chi connectivity index (χ0n) is 12.5. The molecule has 0 radical (unpaired) electrons. The van der Waals surface area contributed by atoms with E-state index in [-0.39, 0.29) is 5.41 Å². The summed E-state index contributed by atoms with van der Waals surface area (Å²) in [6.07, 6.45) is 8.67. The van der Waals surface area contributed by atoms with Gasteiger partial charge in [-0.3, -0.25) is 4.98 Å². The number of nitrogens with two attached hydrogens (primary N) is 1. The van der Waals surface area contributed by atoms with E-state index in [1.54, 1.807) is 6.20 Å². The molecular formula is C16H22N4O. The van der Waals surface area contributed by atoms with E-state index in [1.165, 1.54) is 19.3 Å². The molecule has 3 rings (SSSR count). The molecule has 2 heterocycles. The Labute approximate surface area is 125 Å². The van der Waals surface area contributed by atoms with Crippen molar-refractivity contribution in [3.63, 3.8) is 0 Å². The molecule has 0 aromatic carbocycles. The van der Waals surface area contributed by atoms with E-state index in [0.717, 1.165) is 30.5 Å². The van der Waals surface area contributed by atoms with Gasteiger partial charge in [-0.2, -0.15) is 4.98 Å². The maximum absolute atomic E-state index is 6.02. The lowest BCUT2D eigenvalue weighted by molar-refractivity contribution is 0.177. The lowest BCUT2D eigenvalue weighted by Crippen LogP contribution is -2.35. The molecule has 0 saturated heterocycles. The third kappa shape index (κ3) is 3.13. The first kappa shape index (κ1) is 14.2. The first-order valence-corrected chi connectivity index (χ1v) is 7.66. The molecule has 0 spiro atoms. The van der Waals surface area contributed by atoms with E-state index in [4.69, 9.17) is 10.3 Å². The fourth-order valence-corrected chi connectivity index (χ4v) is 3.16. The summed E-state index contributed by atoms with van der Waals surface area (Å²) in [7, 11) is 0. The molecule has 112 valence electrons. The molecule has 5 nitrogen and oxygen atoms in total. The van der Waals surface area contributed by atoms with Crippen LogP contribution in [0.15, 0.2) is 22.9 Å². The quantitative estimate of drug-likeness (QED) is 0.935. The molecule has 0 unspecified atom stereocenters. The van der Waals surface area contributed by atoms with Gasteiger partial charge in [0.15, 0.2) is 0 Å². The maximum Gasteiger partial charge on any atom is 0.227 e. The predicted octanol–water partition coefficient (Wildman–Crippen LogP) is 2.89. The molecule has 1 saturated carbocycles. The topological polar surface area (TPSA) is 77.8 Å². The van der Waals surface area contributed by atoms with Gasteiger partial charge in [0, 0.05) is 12.6 Å². The van der Waals surface area contributed by atoms with Crippen molar-refractivity contribution in [2.45, 2.75) is 45.4 Å². The summed E-state index contributed by atoms with van der Waals surface area (Å²) in [5, 5.41) is 4.07. The minimum absolute atomic E-state index is 0.141. The van der Waals surface area contributed by atoms with Crippen molar-refractivity contribution >= 4 is 0 Å². The molecule has 0 amide bonds. The van der Waals surface area contributed by atoms with E-state index in [9.17, 15) is 0 Å². The molecule has 2 aromatic rings. The first-order chi connectivity index (χ1) is 10.2. The van der Waals surface area contributed by atoms with Crippen LogP contribution in [0.3, 0.4) is 0 Å². The number of aryl methyl sites for hydroxylation is 1. The highest BCUT2D eigenvalue weighted by molar-refractivity contribution is 5.48. The van der Waals surface area contributed by atoms with E-state index in [1.807, 2.05) is 19.1 Å². The van der Waals surface area contributed by atoms with E-state index < -0.39 is 0 Å². The Kier molecular flexibility index (Phi) is 4.01. The minimum Gasteiger partial charge on any atom is -0.339 e.